The number of nitrogens with one attached hydrogen (secondary N) is 1. The predicted octanol–water partition coefficient (Wildman–Crippen LogP) is -3.53. The maximum absolute atomic E-state index is 11.0. The molecule has 2 aromatic rings. The summed E-state index contributed by atoms with van der Waals surface area (Å²) >= 11 is 0.608. The minimum atomic E-state index is -3.66. The van der Waals surface area contributed by atoms with E-state index in [0.717, 1.165) is 6.07 Å². The van der Waals surface area contributed by atoms with Gasteiger partial charge in [0.25, 0.3) is 5.91 Å². The van der Waals surface area contributed by atoms with Crippen LogP contribution in [0.25, 0.3) is 0 Å². The number of pyridine rings is 1. The van der Waals surface area contributed by atoms with E-state index in [4.69, 9.17) is 20.1 Å². The van der Waals surface area contributed by atoms with Crippen LogP contribution in [0.4, 0.5) is 0 Å². The van der Waals surface area contributed by atoms with Crippen LogP contribution in [0.5, 0.6) is 5.75 Å². The largest absolute Gasteiger partial charge is 0.453 e. The van der Waals surface area contributed by atoms with Crippen molar-refractivity contribution in [1.82, 2.24) is 10.3 Å². The Morgan fingerprint density at radius 2 is 1.61 bits per heavy atom. The zero-order valence-electron chi connectivity index (χ0n) is 19.8. The molecule has 16 heteroatoms. The second kappa shape index (κ2) is 9.36. The van der Waals surface area contributed by atoms with E-state index in [1.165, 1.54) is 11.6 Å². The molecule has 2 aromatic heterocycles. The molecular weight excluding hydrogens is 532 g/mol. The number of rotatable bonds is 8. The number of hydrogen-bond donors (Lipinski definition) is 12. The monoisotopic (exact) mass is 562 g/mol. The highest BCUT2D eigenvalue weighted by Gasteiger charge is 2.66. The van der Waals surface area contributed by atoms with Crippen molar-refractivity contribution in [2.75, 3.05) is 6.61 Å². The van der Waals surface area contributed by atoms with Crippen LogP contribution in [0, 0.1) is 0 Å². The minimum Gasteiger partial charge on any atom is -0.415 e. The molecule has 3 heterocycles. The maximum Gasteiger partial charge on any atom is 0.453 e. The van der Waals surface area contributed by atoms with Crippen molar-refractivity contribution in [3.05, 3.63) is 46.4 Å². The fraction of sp³-hybridized carbons (Fsp3) is 0.591. The van der Waals surface area contributed by atoms with E-state index in [-0.39, 0.29) is 19.4 Å². The van der Waals surface area contributed by atoms with E-state index in [2.05, 4.69) is 9.72 Å². The number of nitrogens with zero attached hydrogens (tertiary/aromatic N) is 1. The Morgan fingerprint density at radius 3 is 2.18 bits per heavy atom. The van der Waals surface area contributed by atoms with Crippen LogP contribution >= 0.6 is 11.3 Å². The third-order valence-corrected chi connectivity index (χ3v) is 7.78. The molecule has 1 saturated carbocycles. The van der Waals surface area contributed by atoms with Gasteiger partial charge >= 0.3 is 6.16 Å². The second-order valence-electron chi connectivity index (χ2n) is 10.0. The van der Waals surface area contributed by atoms with Crippen molar-refractivity contribution in [3.63, 3.8) is 0 Å². The Kier molecular flexibility index (Phi) is 7.17. The van der Waals surface area contributed by atoms with E-state index >= 15 is 0 Å². The third-order valence-electron chi connectivity index (χ3n) is 6.79. The fourth-order valence-corrected chi connectivity index (χ4v) is 6.23. The normalized spacial score (nSPS) is 25.0. The first kappa shape index (κ1) is 29.1. The number of thiophene rings is 1. The van der Waals surface area contributed by atoms with E-state index in [1.807, 2.05) is 5.32 Å². The molecule has 12 N–H and O–H groups in total. The molecule has 0 unspecified atom stereocenters. The summed E-state index contributed by atoms with van der Waals surface area (Å²) in [5, 5.41) is 114. The average Bonchev–Trinajstić information content (AvgIpc) is 3.25. The molecule has 212 valence electrons. The molecule has 1 spiro atoms. The van der Waals surface area contributed by atoms with E-state index in [0.29, 0.717) is 17.0 Å². The lowest BCUT2D eigenvalue weighted by atomic mass is 9.67. The molecule has 2 aliphatic rings. The molecule has 15 nitrogen and oxygen atoms in total. The van der Waals surface area contributed by atoms with Crippen molar-refractivity contribution in [2.45, 2.75) is 72.7 Å². The number of hydrogen-bond acceptors (Lipinski definition) is 16. The molecule has 1 aliphatic carbocycles. The molecule has 2 fully saturated rings. The Balaban J connectivity index is 1.65. The van der Waals surface area contributed by atoms with E-state index in [1.54, 1.807) is 18.2 Å². The summed E-state index contributed by atoms with van der Waals surface area (Å²) in [7, 11) is 0. The van der Waals surface area contributed by atoms with Crippen LogP contribution in [0.1, 0.15) is 42.7 Å². The van der Waals surface area contributed by atoms with Gasteiger partial charge < -0.3 is 65.6 Å². The van der Waals surface area contributed by atoms with Gasteiger partial charge in [-0.15, -0.1) is 11.3 Å². The van der Waals surface area contributed by atoms with Gasteiger partial charge in [0.2, 0.25) is 17.5 Å². The Morgan fingerprint density at radius 1 is 0.947 bits per heavy atom. The maximum atomic E-state index is 11.0. The summed E-state index contributed by atoms with van der Waals surface area (Å²) in [6, 6.07) is 5.86. The highest BCUT2D eigenvalue weighted by Crippen LogP contribution is 2.55. The molecule has 1 aliphatic heterocycles. The van der Waals surface area contributed by atoms with E-state index < -0.39 is 70.5 Å². The summed E-state index contributed by atoms with van der Waals surface area (Å²) in [5.41, 5.74) is -2.57. The van der Waals surface area contributed by atoms with Crippen LogP contribution in [0.3, 0.4) is 0 Å². The molecule has 4 rings (SSSR count). The molecule has 0 bridgehead atoms. The zero-order valence-corrected chi connectivity index (χ0v) is 20.6. The zero-order chi connectivity index (χ0) is 28.3. The van der Waals surface area contributed by atoms with Gasteiger partial charge in [-0.1, -0.05) is 6.07 Å². The van der Waals surface area contributed by atoms with Crippen molar-refractivity contribution in [3.8, 4) is 5.75 Å². The molecule has 1 saturated heterocycles. The fourth-order valence-electron chi connectivity index (χ4n) is 5.46. The van der Waals surface area contributed by atoms with Crippen LogP contribution in [0.2, 0.25) is 0 Å². The first-order valence-electron chi connectivity index (χ1n) is 11.4. The summed E-state index contributed by atoms with van der Waals surface area (Å²) < 4.78 is 10.2. The second-order valence-corrected chi connectivity index (χ2v) is 10.9. The predicted molar refractivity (Wildman–Crippen MR) is 123 cm³/mol. The van der Waals surface area contributed by atoms with Gasteiger partial charge in [0.05, 0.1) is 5.60 Å². The Bertz CT molecular complexity index is 1120. The molecule has 0 radical (unpaired) electrons. The third kappa shape index (κ3) is 5.83. The summed E-state index contributed by atoms with van der Waals surface area (Å²) in [5.74, 6) is -12.8. The van der Waals surface area contributed by atoms with Gasteiger partial charge in [-0.05, 0) is 36.4 Å². The minimum absolute atomic E-state index is 0.0866. The summed E-state index contributed by atoms with van der Waals surface area (Å²) in [6.45, 7) is -0.0866. The summed E-state index contributed by atoms with van der Waals surface area (Å²) in [4.78, 5) is 3.73. The molecule has 38 heavy (non-hydrogen) atoms. The molecular formula is C22H30N2O13S. The van der Waals surface area contributed by atoms with Crippen LogP contribution < -0.4 is 10.1 Å². The Labute approximate surface area is 219 Å². The molecule has 0 amide bonds. The topological polar surface area (TPSA) is 266 Å². The lowest BCUT2D eigenvalue weighted by molar-refractivity contribution is -0.420. The molecule has 1 atom stereocenters. The van der Waals surface area contributed by atoms with Gasteiger partial charge in [-0.2, -0.15) is 0 Å². The standard InChI is InChI=1S/C22H30N2O13S/c25-18(26)11-17(12-19(18,27)28)9-16(5-7-36-17,14-3-1-2-6-23-14)10-20(29,30)24-21(31,32)15-13(4-8-38-15)37-22(33,34)35/h1-4,6,8,24-35H,5,7,9-12H2/t16-/m1/s1. The lowest BCUT2D eigenvalue weighted by Crippen LogP contribution is -2.60. The average molecular weight is 563 g/mol. The quantitative estimate of drug-likeness (QED) is 0.139. The number of ether oxygens (including phenoxy) is 2. The van der Waals surface area contributed by atoms with Crippen molar-refractivity contribution < 1.29 is 65.6 Å². The number of aromatic nitrogens is 1. The van der Waals surface area contributed by atoms with Gasteiger partial charge in [-0.25, -0.2) is 5.32 Å². The smallest absolute Gasteiger partial charge is 0.415 e. The highest BCUT2D eigenvalue weighted by molar-refractivity contribution is 7.10. The van der Waals surface area contributed by atoms with Crippen LogP contribution in [-0.4, -0.2) is 97.0 Å². The van der Waals surface area contributed by atoms with Crippen LogP contribution in [0.15, 0.2) is 35.8 Å². The SMILES string of the molecule is OC(O)(C[C@@]1(c2ccccn2)CCOC2(CC(O)(O)C(O)(O)C2)C1)NC(O)(O)c1sccc1OC(O)(O)O. The van der Waals surface area contributed by atoms with Gasteiger partial charge in [-0.3, -0.25) is 4.98 Å². The Hall–Kier alpha value is -1.87. The van der Waals surface area contributed by atoms with Gasteiger partial charge in [0.15, 0.2) is 0 Å². The first-order valence-corrected chi connectivity index (χ1v) is 12.3. The summed E-state index contributed by atoms with van der Waals surface area (Å²) in [6.07, 6.45) is -4.27. The van der Waals surface area contributed by atoms with Crippen molar-refractivity contribution in [1.29, 1.82) is 0 Å². The van der Waals surface area contributed by atoms with Crippen molar-refractivity contribution in [2.24, 2.45) is 0 Å². The van der Waals surface area contributed by atoms with Gasteiger partial charge in [0, 0.05) is 43.2 Å². The van der Waals surface area contributed by atoms with Crippen LogP contribution in [-0.2, 0) is 16.1 Å². The van der Waals surface area contributed by atoms with E-state index in [9.17, 15) is 40.9 Å². The first-order chi connectivity index (χ1) is 17.3. The lowest BCUT2D eigenvalue weighted by Gasteiger charge is -2.48. The highest BCUT2D eigenvalue weighted by atomic mass is 32.1. The number of aliphatic hydroxyl groups is 11. The van der Waals surface area contributed by atoms with Crippen molar-refractivity contribution >= 4 is 11.3 Å². The van der Waals surface area contributed by atoms with Gasteiger partial charge in [0.1, 0.15) is 10.6 Å². The molecule has 0 aromatic carbocycles.